The molecule has 26 nitrogen and oxygen atoms in total. The molecule has 0 aliphatic carbocycles. The molecule has 0 saturated heterocycles. The molecule has 0 saturated carbocycles. The number of hydrogen-bond acceptors (Lipinski definition) is 25. The van der Waals surface area contributed by atoms with Crippen LogP contribution in [0.3, 0.4) is 0 Å². The van der Waals surface area contributed by atoms with Crippen molar-refractivity contribution >= 4 is 77.6 Å². The zero-order chi connectivity index (χ0) is 49.9. The topological polar surface area (TPSA) is 353 Å². The Balaban J connectivity index is 4.92. The predicted molar refractivity (Wildman–Crippen MR) is 200 cm³/mol. The maximum Gasteiger partial charge on any atom is 0.347 e. The van der Waals surface area contributed by atoms with Crippen LogP contribution >= 0.6 is 0 Å². The molecule has 12 atom stereocenters. The molecule has 0 amide bonds. The van der Waals surface area contributed by atoms with Crippen molar-refractivity contribution in [2.45, 2.75) is 163 Å². The second kappa shape index (κ2) is 26.6. The minimum atomic E-state index is -1.72. The van der Waals surface area contributed by atoms with Crippen LogP contribution in [0, 0.1) is 0 Å². The van der Waals surface area contributed by atoms with Gasteiger partial charge in [-0.25, -0.2) is 57.5 Å². The summed E-state index contributed by atoms with van der Waals surface area (Å²) in [6.07, 6.45) is -19.5. The summed E-state index contributed by atoms with van der Waals surface area (Å²) in [5.74, 6) is -15.9. The van der Waals surface area contributed by atoms with Gasteiger partial charge in [0.1, 0.15) is 0 Å². The van der Waals surface area contributed by atoms with E-state index in [1.165, 1.54) is 6.92 Å². The van der Waals surface area contributed by atoms with Gasteiger partial charge in [0.15, 0.2) is 73.2 Å². The van der Waals surface area contributed by atoms with Gasteiger partial charge < -0.3 is 61.9 Å². The van der Waals surface area contributed by atoms with Crippen LogP contribution in [0.5, 0.6) is 0 Å². The van der Waals surface area contributed by atoms with E-state index in [1.807, 2.05) is 0 Å². The quantitative estimate of drug-likeness (QED) is 0.0921. The van der Waals surface area contributed by atoms with E-state index < -0.39 is 151 Å². The normalized spacial score (nSPS) is 16.3. The van der Waals surface area contributed by atoms with Crippen molar-refractivity contribution in [1.29, 1.82) is 0 Å². The first kappa shape index (κ1) is 57.1. The van der Waals surface area contributed by atoms with Gasteiger partial charge >= 0.3 is 77.6 Å². The molecule has 0 aliphatic rings. The molecule has 1 N–H and O–H groups in total. The van der Waals surface area contributed by atoms with Gasteiger partial charge in [0.05, 0.1) is 0 Å². The van der Waals surface area contributed by atoms with E-state index in [0.29, 0.717) is 0 Å². The lowest BCUT2D eigenvalue weighted by molar-refractivity contribution is -0.190. The smallest absolute Gasteiger partial charge is 0.347 e. The van der Waals surface area contributed by atoms with Crippen LogP contribution in [0.4, 0.5) is 0 Å². The number of carbonyl (C=O) groups excluding carboxylic acids is 12. The fourth-order valence-electron chi connectivity index (χ4n) is 3.80. The van der Waals surface area contributed by atoms with E-state index in [-0.39, 0.29) is 0 Å². The molecule has 0 radical (unpaired) electrons. The highest BCUT2D eigenvalue weighted by Gasteiger charge is 2.35. The van der Waals surface area contributed by atoms with Crippen molar-refractivity contribution in [1.82, 2.24) is 0 Å². The predicted octanol–water partition coefficient (Wildman–Crippen LogP) is -0.729. The molecule has 0 spiro atoms. The molecule has 0 aromatic rings. The molecule has 12 unspecified atom stereocenters. The third kappa shape index (κ3) is 20.3. The first-order chi connectivity index (χ1) is 29.4. The Labute approximate surface area is 364 Å². The van der Waals surface area contributed by atoms with Gasteiger partial charge in [-0.3, -0.25) is 4.79 Å². The van der Waals surface area contributed by atoms with E-state index in [2.05, 4.69) is 9.47 Å². The van der Waals surface area contributed by atoms with Crippen molar-refractivity contribution in [2.75, 3.05) is 0 Å². The average molecular weight is 925 g/mol. The number of carbonyl (C=O) groups is 13. The summed E-state index contributed by atoms with van der Waals surface area (Å²) < 4.78 is 57.9. The molecule has 0 heterocycles. The fourth-order valence-corrected chi connectivity index (χ4v) is 3.80. The van der Waals surface area contributed by atoms with Crippen LogP contribution < -0.4 is 0 Å². The molecule has 64 heavy (non-hydrogen) atoms. The van der Waals surface area contributed by atoms with Crippen molar-refractivity contribution in [3.63, 3.8) is 0 Å². The Morgan fingerprint density at radius 3 is 0.453 bits per heavy atom. The number of esters is 12. The van der Waals surface area contributed by atoms with Crippen molar-refractivity contribution in [3.05, 3.63) is 0 Å². The highest BCUT2D eigenvalue weighted by molar-refractivity contribution is 5.89. The van der Waals surface area contributed by atoms with E-state index in [0.717, 1.165) is 83.1 Å². The largest absolute Gasteiger partial charge is 0.479 e. The SMILES string of the molecule is CC(=O)OC(C)C(=O)OC(C)C(=O)OC(C)C(=O)OC(C)C(=O)OC(C)C(=O)OC(C)C(=O)OC(C)C(=O)OC(C)C(=O)OC(C)C(=O)OC(C)C(=O)OC(C)C(=O)OC(C)C(=O)O. The first-order valence-corrected chi connectivity index (χ1v) is 19.0. The number of hydrogen-bond donors (Lipinski definition) is 1. The van der Waals surface area contributed by atoms with Gasteiger partial charge in [-0.15, -0.1) is 0 Å². The maximum atomic E-state index is 12.5. The van der Waals surface area contributed by atoms with Crippen LogP contribution in [-0.4, -0.2) is 156 Å². The van der Waals surface area contributed by atoms with Gasteiger partial charge in [-0.2, -0.15) is 0 Å². The van der Waals surface area contributed by atoms with Gasteiger partial charge in [0.25, 0.3) is 0 Å². The van der Waals surface area contributed by atoms with Crippen LogP contribution in [0.1, 0.15) is 90.0 Å². The lowest BCUT2D eigenvalue weighted by atomic mass is 10.3. The summed E-state index contributed by atoms with van der Waals surface area (Å²) in [5.41, 5.74) is 0. The molecule has 0 aromatic heterocycles. The molecule has 0 aliphatic heterocycles. The van der Waals surface area contributed by atoms with E-state index in [4.69, 9.17) is 52.5 Å². The summed E-state index contributed by atoms with van der Waals surface area (Å²) in [6.45, 7) is 13.8. The number of aliphatic carboxylic acids is 1. The zero-order valence-corrected chi connectivity index (χ0v) is 37.1. The monoisotopic (exact) mass is 924 g/mol. The van der Waals surface area contributed by atoms with Gasteiger partial charge in [0, 0.05) is 6.92 Å². The third-order valence-corrected chi connectivity index (χ3v) is 7.56. The Kier molecular flexibility index (Phi) is 23.7. The Morgan fingerprint density at radius 1 is 0.234 bits per heavy atom. The average Bonchev–Trinajstić information content (AvgIpc) is 3.19. The summed E-state index contributed by atoms with van der Waals surface area (Å²) in [6, 6.07) is 0. The number of carboxylic acids is 1. The van der Waals surface area contributed by atoms with E-state index in [1.54, 1.807) is 0 Å². The van der Waals surface area contributed by atoms with Gasteiger partial charge in [0.2, 0.25) is 0 Å². The highest BCUT2D eigenvalue weighted by atomic mass is 16.7. The second-order valence-electron chi connectivity index (χ2n) is 13.5. The molecule has 0 aromatic carbocycles. The minimum Gasteiger partial charge on any atom is -0.479 e. The molecular weight excluding hydrogens is 872 g/mol. The summed E-state index contributed by atoms with van der Waals surface area (Å²) >= 11 is 0. The van der Waals surface area contributed by atoms with Crippen molar-refractivity contribution in [3.8, 4) is 0 Å². The minimum absolute atomic E-state index is 0.777. The molecular formula is C38H52O26. The lowest BCUT2D eigenvalue weighted by Gasteiger charge is -2.21. The second-order valence-corrected chi connectivity index (χ2v) is 13.5. The maximum absolute atomic E-state index is 12.5. The molecule has 360 valence electrons. The summed E-state index contributed by atoms with van der Waals surface area (Å²) in [5, 5.41) is 8.81. The molecule has 0 bridgehead atoms. The summed E-state index contributed by atoms with van der Waals surface area (Å²) in [7, 11) is 0. The number of rotatable bonds is 24. The van der Waals surface area contributed by atoms with Crippen LogP contribution in [0.25, 0.3) is 0 Å². The van der Waals surface area contributed by atoms with E-state index in [9.17, 15) is 62.3 Å². The standard InChI is InChI=1S/C38H52O26/c1-14(27(40)41)54-29(43)16(3)56-31(45)18(5)58-33(47)20(7)60-35(49)22(9)62-37(51)24(11)64-38(52)25(12)63-36(50)23(10)61-34(48)21(8)59-32(46)19(6)57-30(44)17(4)55-28(42)15(2)53-26(13)39/h14-25H,1-13H3,(H,40,41). The van der Waals surface area contributed by atoms with Crippen molar-refractivity contribution < 1.29 is 124 Å². The van der Waals surface area contributed by atoms with Crippen LogP contribution in [-0.2, 0) is 119 Å². The zero-order valence-electron chi connectivity index (χ0n) is 37.1. The number of ether oxygens (including phenoxy) is 12. The Bertz CT molecular complexity index is 1770. The molecule has 0 fully saturated rings. The van der Waals surface area contributed by atoms with Gasteiger partial charge in [-0.05, 0) is 83.1 Å². The highest BCUT2D eigenvalue weighted by Crippen LogP contribution is 2.12. The Hall–Kier alpha value is -6.89. The van der Waals surface area contributed by atoms with Crippen molar-refractivity contribution in [2.24, 2.45) is 0 Å². The van der Waals surface area contributed by atoms with Crippen LogP contribution in [0.2, 0.25) is 0 Å². The molecule has 26 heteroatoms. The fraction of sp³-hybridized carbons (Fsp3) is 0.658. The lowest BCUT2D eigenvalue weighted by Crippen LogP contribution is -2.40. The summed E-state index contributed by atoms with van der Waals surface area (Å²) in [4.78, 5) is 157. The number of carboxylic acid groups (broad SMARTS) is 1. The third-order valence-electron chi connectivity index (χ3n) is 7.56. The van der Waals surface area contributed by atoms with E-state index >= 15 is 0 Å². The van der Waals surface area contributed by atoms with Gasteiger partial charge in [-0.1, -0.05) is 0 Å². The first-order valence-electron chi connectivity index (χ1n) is 19.0. The Morgan fingerprint density at radius 2 is 0.344 bits per heavy atom. The molecule has 0 rings (SSSR count). The van der Waals surface area contributed by atoms with Crippen LogP contribution in [0.15, 0.2) is 0 Å².